The first-order chi connectivity index (χ1) is 15.2. The first-order valence-corrected chi connectivity index (χ1v) is 10.2. The van der Waals surface area contributed by atoms with Crippen LogP contribution in [0.25, 0.3) is 22.3 Å². The first kappa shape index (κ1) is 28.5. The average molecular weight is 617 g/mol. The summed E-state index contributed by atoms with van der Waals surface area (Å²) in [7, 11) is 0. The summed E-state index contributed by atoms with van der Waals surface area (Å²) in [4.78, 5) is 3.09. The molecule has 0 heterocycles. The van der Waals surface area contributed by atoms with Gasteiger partial charge in [0, 0.05) is 35.6 Å². The van der Waals surface area contributed by atoms with E-state index in [1.807, 2.05) is 32.9 Å². The maximum absolute atomic E-state index is 13.6. The maximum Gasteiger partial charge on any atom is 0.417 e. The predicted molar refractivity (Wildman–Crippen MR) is 120 cm³/mol. The second-order valence-corrected chi connectivity index (χ2v) is 8.02. The topological polar surface area (TPSA) is 12.4 Å². The number of nitrogens with zero attached hydrogens (tertiary/aromatic N) is 1. The number of rotatable bonds is 3. The number of aryl methyl sites for hydroxylation is 4. The second kappa shape index (κ2) is 10.5. The van der Waals surface area contributed by atoms with Crippen molar-refractivity contribution < 1.29 is 61.9 Å². The van der Waals surface area contributed by atoms with Crippen LogP contribution in [-0.4, -0.2) is 5.16 Å². The molecule has 1 nitrogen and oxygen atoms in total. The molecule has 0 unspecified atom stereocenters. The quantitative estimate of drug-likeness (QED) is 0.124. The van der Waals surface area contributed by atoms with Gasteiger partial charge < -0.3 is 0 Å². The van der Waals surface area contributed by atoms with Crippen LogP contribution in [0.2, 0.25) is 0 Å². The van der Waals surface area contributed by atoms with Gasteiger partial charge in [0.05, 0.1) is 22.0 Å². The number of aliphatic imine (C=N–C) groups is 1. The Morgan fingerprint density at radius 2 is 1.26 bits per heavy atom. The third-order valence-corrected chi connectivity index (χ3v) is 5.36. The van der Waals surface area contributed by atoms with Gasteiger partial charge in [-0.05, 0) is 33.0 Å². The molecule has 0 aliphatic carbocycles. The van der Waals surface area contributed by atoms with Crippen LogP contribution in [0.4, 0.5) is 32.0 Å². The fourth-order valence-electron chi connectivity index (χ4n) is 4.08. The minimum Gasteiger partial charge on any atom is -0.194 e. The molecular weight excluding hydrogens is 599 g/mol. The van der Waals surface area contributed by atoms with Crippen molar-refractivity contribution in [2.24, 2.45) is 4.99 Å². The molecule has 3 rings (SSSR count). The third kappa shape index (κ3) is 5.89. The van der Waals surface area contributed by atoms with Gasteiger partial charge in [-0.2, -0.15) is 31.3 Å². The van der Waals surface area contributed by atoms with Crippen molar-refractivity contribution in [1.82, 2.24) is 0 Å². The summed E-state index contributed by atoms with van der Waals surface area (Å²) in [5.74, 6) is 0. The Bertz CT molecular complexity index is 1230. The summed E-state index contributed by atoms with van der Waals surface area (Å²) in [6.45, 7) is 7.48. The van der Waals surface area contributed by atoms with Crippen molar-refractivity contribution >= 4 is 23.1 Å². The van der Waals surface area contributed by atoms with Gasteiger partial charge in [0.1, 0.15) is 0 Å². The summed E-state index contributed by atoms with van der Waals surface area (Å²) in [6.07, 6.45) is -10.2. The van der Waals surface area contributed by atoms with Crippen LogP contribution in [0.3, 0.4) is 0 Å². The molecule has 0 aromatic heterocycles. The Morgan fingerprint density at radius 3 is 1.68 bits per heavy atom. The number of hydrogen-bond donors (Lipinski definition) is 0. The van der Waals surface area contributed by atoms with Crippen molar-refractivity contribution in [3.05, 3.63) is 75.8 Å². The Kier molecular flexibility index (Phi) is 8.76. The fraction of sp³-hybridized carbons (Fsp3) is 0.240. The summed E-state index contributed by atoms with van der Waals surface area (Å²) in [6, 6.07) is 11.5. The molecule has 0 bridgehead atoms. The standard InChI is InChI=1S/C25H18F6NS.La/c1-13-7-15(3)22(16(4)8-13)17-5-6-19(14(2)9-17)18-10-20(24(26,27)28)23(32-12-33)21(11-18)25(29,30)31;/h5,7-11H,1-4H3;/q-1;. The number of thiocarbonyl (C=S) groups is 1. The Hall–Kier alpha value is -1.77. The van der Waals surface area contributed by atoms with Gasteiger partial charge in [-0.1, -0.05) is 64.6 Å². The molecule has 0 spiro atoms. The summed E-state index contributed by atoms with van der Waals surface area (Å²) < 4.78 is 81.9. The molecule has 0 atom stereocenters. The minimum absolute atomic E-state index is 0. The molecule has 3 aromatic carbocycles. The van der Waals surface area contributed by atoms with Crippen molar-refractivity contribution in [3.63, 3.8) is 0 Å². The van der Waals surface area contributed by atoms with Gasteiger partial charge >= 0.3 is 12.4 Å². The molecule has 3 aromatic rings. The van der Waals surface area contributed by atoms with Gasteiger partial charge in [-0.3, -0.25) is 0 Å². The molecule has 34 heavy (non-hydrogen) atoms. The third-order valence-electron chi connectivity index (χ3n) is 5.27. The number of hydrogen-bond acceptors (Lipinski definition) is 2. The van der Waals surface area contributed by atoms with Gasteiger partial charge in [0.25, 0.3) is 0 Å². The van der Waals surface area contributed by atoms with E-state index >= 15 is 0 Å². The van der Waals surface area contributed by atoms with Gasteiger partial charge in [0.2, 0.25) is 0 Å². The molecule has 0 amide bonds. The smallest absolute Gasteiger partial charge is 0.194 e. The van der Waals surface area contributed by atoms with E-state index in [1.165, 1.54) is 0 Å². The molecule has 175 valence electrons. The van der Waals surface area contributed by atoms with Crippen LogP contribution in [0, 0.1) is 69.4 Å². The van der Waals surface area contributed by atoms with E-state index in [2.05, 4.69) is 23.3 Å². The van der Waals surface area contributed by atoms with Gasteiger partial charge in [-0.15, -0.1) is 29.3 Å². The monoisotopic (exact) mass is 617 g/mol. The number of halogens is 6. The second-order valence-electron chi connectivity index (χ2n) is 7.84. The summed E-state index contributed by atoms with van der Waals surface area (Å²) >= 11 is 4.28. The maximum atomic E-state index is 13.6. The molecule has 0 aliphatic rings. The van der Waals surface area contributed by atoms with E-state index in [0.717, 1.165) is 27.8 Å². The zero-order valence-electron chi connectivity index (χ0n) is 18.7. The largest absolute Gasteiger partial charge is 0.417 e. The molecule has 9 heteroatoms. The van der Waals surface area contributed by atoms with E-state index in [-0.39, 0.29) is 46.7 Å². The molecule has 0 N–H and O–H groups in total. The number of benzene rings is 3. The molecular formula is C25H18F6LaNS-. The SMILES string of the molecule is Cc1cc(C)c(-c2c[c-]c(-c3cc(C(F)(F)F)c(N=C=S)c(C(F)(F)F)c3)c(C)c2)c(C)c1.[La]. The van der Waals surface area contributed by atoms with Crippen LogP contribution in [0.1, 0.15) is 33.4 Å². The van der Waals surface area contributed by atoms with Crippen molar-refractivity contribution in [1.29, 1.82) is 0 Å². The molecule has 0 fully saturated rings. The zero-order valence-corrected chi connectivity index (χ0v) is 23.1. The predicted octanol–water partition coefficient (Wildman–Crippen LogP) is 8.83. The molecule has 1 radical (unpaired) electrons. The van der Waals surface area contributed by atoms with E-state index < -0.39 is 29.2 Å². The van der Waals surface area contributed by atoms with E-state index in [0.29, 0.717) is 17.7 Å². The van der Waals surface area contributed by atoms with E-state index in [9.17, 15) is 26.3 Å². The molecule has 0 saturated heterocycles. The fourth-order valence-corrected chi connectivity index (χ4v) is 4.17. The number of isothiocyanates is 1. The van der Waals surface area contributed by atoms with Crippen molar-refractivity contribution in [3.8, 4) is 22.3 Å². The normalized spacial score (nSPS) is 11.6. The zero-order chi connectivity index (χ0) is 24.7. The molecule has 0 saturated carbocycles. The van der Waals surface area contributed by atoms with Crippen LogP contribution in [0.5, 0.6) is 0 Å². The van der Waals surface area contributed by atoms with Crippen LogP contribution in [0.15, 0.2) is 41.4 Å². The average Bonchev–Trinajstić information content (AvgIpc) is 2.66. The van der Waals surface area contributed by atoms with Gasteiger partial charge in [-0.25, -0.2) is 0 Å². The van der Waals surface area contributed by atoms with E-state index in [4.69, 9.17) is 0 Å². The Balaban J connectivity index is 0.00000408. The van der Waals surface area contributed by atoms with Crippen molar-refractivity contribution in [2.75, 3.05) is 0 Å². The summed E-state index contributed by atoms with van der Waals surface area (Å²) in [5, 5.41) is 1.62. The number of alkyl halides is 6. The van der Waals surface area contributed by atoms with Crippen molar-refractivity contribution in [2.45, 2.75) is 40.0 Å². The Morgan fingerprint density at radius 1 is 0.765 bits per heavy atom. The molecule has 0 aliphatic heterocycles. The van der Waals surface area contributed by atoms with Gasteiger partial charge in [0.15, 0.2) is 0 Å². The summed E-state index contributed by atoms with van der Waals surface area (Å²) in [5.41, 5.74) is 0.818. The van der Waals surface area contributed by atoms with Crippen LogP contribution < -0.4 is 0 Å². The van der Waals surface area contributed by atoms with E-state index in [1.54, 1.807) is 24.2 Å². The van der Waals surface area contributed by atoms with Crippen LogP contribution in [-0.2, 0) is 12.4 Å². The Labute approximate surface area is 226 Å². The minimum atomic E-state index is -5.08. The van der Waals surface area contributed by atoms with Crippen LogP contribution >= 0.6 is 12.2 Å². The first-order valence-electron chi connectivity index (χ1n) is 9.75.